The van der Waals surface area contributed by atoms with E-state index in [9.17, 15) is 0 Å². The van der Waals surface area contributed by atoms with Crippen LogP contribution in [0.1, 0.15) is 30.0 Å². The summed E-state index contributed by atoms with van der Waals surface area (Å²) in [4.78, 5) is 5.49. The van der Waals surface area contributed by atoms with Crippen molar-refractivity contribution in [1.82, 2.24) is 10.1 Å². The van der Waals surface area contributed by atoms with Gasteiger partial charge in [0.15, 0.2) is 0 Å². The van der Waals surface area contributed by atoms with E-state index in [1.807, 2.05) is 30.5 Å². The van der Waals surface area contributed by atoms with E-state index in [2.05, 4.69) is 41.4 Å². The fourth-order valence-corrected chi connectivity index (χ4v) is 2.77. The number of hydrogen-bond acceptors (Lipinski definition) is 5. The van der Waals surface area contributed by atoms with Crippen LogP contribution in [0.15, 0.2) is 40.2 Å². The quantitative estimate of drug-likeness (QED) is 0.765. The summed E-state index contributed by atoms with van der Waals surface area (Å²) in [6.07, 6.45) is 0. The molecule has 1 aromatic carbocycles. The average Bonchev–Trinajstić information content (AvgIpc) is 3.13. The van der Waals surface area contributed by atoms with Gasteiger partial charge in [0.05, 0.1) is 4.88 Å². The van der Waals surface area contributed by atoms with Crippen LogP contribution in [0.25, 0.3) is 10.7 Å². The van der Waals surface area contributed by atoms with Gasteiger partial charge in [0, 0.05) is 5.69 Å². The molecule has 108 valence electrons. The Bertz CT molecular complexity index is 734. The Kier molecular flexibility index (Phi) is 3.75. The molecule has 0 saturated heterocycles. The highest BCUT2D eigenvalue weighted by atomic mass is 32.1. The second kappa shape index (κ2) is 5.69. The van der Waals surface area contributed by atoms with Gasteiger partial charge < -0.3 is 9.84 Å². The predicted octanol–water partition coefficient (Wildman–Crippen LogP) is 4.59. The van der Waals surface area contributed by atoms with Crippen LogP contribution in [0, 0.1) is 13.8 Å². The first-order chi connectivity index (χ1) is 10.1. The summed E-state index contributed by atoms with van der Waals surface area (Å²) >= 11 is 1.60. The maximum absolute atomic E-state index is 5.38. The molecule has 0 aliphatic heterocycles. The fourth-order valence-electron chi connectivity index (χ4n) is 2.12. The molecule has 21 heavy (non-hydrogen) atoms. The first-order valence-electron chi connectivity index (χ1n) is 6.85. The molecule has 0 fully saturated rings. The normalized spacial score (nSPS) is 12.3. The van der Waals surface area contributed by atoms with E-state index in [0.29, 0.717) is 11.7 Å². The molecule has 4 nitrogen and oxygen atoms in total. The van der Waals surface area contributed by atoms with Gasteiger partial charge in [-0.05, 0) is 49.4 Å². The summed E-state index contributed by atoms with van der Waals surface area (Å²) in [7, 11) is 0. The van der Waals surface area contributed by atoms with Gasteiger partial charge in [0.25, 0.3) is 0 Å². The number of hydrogen-bond donors (Lipinski definition) is 1. The summed E-state index contributed by atoms with van der Waals surface area (Å²) in [5, 5.41) is 9.48. The van der Waals surface area contributed by atoms with Gasteiger partial charge in [-0.25, -0.2) is 0 Å². The Hall–Kier alpha value is -2.14. The number of thiophene rings is 1. The molecule has 0 amide bonds. The topological polar surface area (TPSA) is 51.0 Å². The van der Waals surface area contributed by atoms with Gasteiger partial charge in [0.1, 0.15) is 6.04 Å². The van der Waals surface area contributed by atoms with Gasteiger partial charge in [-0.2, -0.15) is 4.98 Å². The van der Waals surface area contributed by atoms with Crippen molar-refractivity contribution in [1.29, 1.82) is 0 Å². The van der Waals surface area contributed by atoms with Gasteiger partial charge in [-0.15, -0.1) is 11.3 Å². The van der Waals surface area contributed by atoms with Gasteiger partial charge >= 0.3 is 0 Å². The third kappa shape index (κ3) is 2.83. The second-order valence-electron chi connectivity index (χ2n) is 5.05. The van der Waals surface area contributed by atoms with Crippen molar-refractivity contribution in [2.45, 2.75) is 26.8 Å². The van der Waals surface area contributed by atoms with Crippen LogP contribution < -0.4 is 5.32 Å². The average molecular weight is 299 g/mol. The van der Waals surface area contributed by atoms with Crippen LogP contribution in [-0.4, -0.2) is 10.1 Å². The number of anilines is 1. The Morgan fingerprint density at radius 2 is 2.05 bits per heavy atom. The molecule has 0 spiro atoms. The van der Waals surface area contributed by atoms with Crippen LogP contribution in [0.5, 0.6) is 0 Å². The molecule has 1 atom stereocenters. The minimum Gasteiger partial charge on any atom is -0.374 e. The SMILES string of the molecule is Cc1cccc(NC(C)c2nc(-c3cccs3)no2)c1C. The van der Waals surface area contributed by atoms with Gasteiger partial charge in [-0.3, -0.25) is 0 Å². The molecule has 3 aromatic rings. The summed E-state index contributed by atoms with van der Waals surface area (Å²) in [5.74, 6) is 1.24. The molecular weight excluding hydrogens is 282 g/mol. The number of benzene rings is 1. The molecule has 1 N–H and O–H groups in total. The standard InChI is InChI=1S/C16H17N3OS/c1-10-6-4-7-13(11(10)2)17-12(3)16-18-15(19-20-16)14-8-5-9-21-14/h4-9,12,17H,1-3H3. The highest BCUT2D eigenvalue weighted by Gasteiger charge is 2.16. The summed E-state index contributed by atoms with van der Waals surface area (Å²) in [6.45, 7) is 6.23. The highest BCUT2D eigenvalue weighted by molar-refractivity contribution is 7.13. The second-order valence-corrected chi connectivity index (χ2v) is 5.99. The lowest BCUT2D eigenvalue weighted by molar-refractivity contribution is 0.368. The third-order valence-electron chi connectivity index (χ3n) is 3.53. The molecule has 0 saturated carbocycles. The molecule has 3 rings (SSSR count). The Balaban J connectivity index is 1.79. The molecule has 0 aliphatic carbocycles. The molecule has 1 unspecified atom stereocenters. The number of rotatable bonds is 4. The smallest absolute Gasteiger partial charge is 0.249 e. The molecule has 5 heteroatoms. The van der Waals surface area contributed by atoms with E-state index in [4.69, 9.17) is 4.52 Å². The zero-order chi connectivity index (χ0) is 14.8. The molecular formula is C16H17N3OS. The molecule has 2 aromatic heterocycles. The first kappa shape index (κ1) is 13.8. The van der Waals surface area contributed by atoms with Gasteiger partial charge in [0.2, 0.25) is 11.7 Å². The van der Waals surface area contributed by atoms with E-state index < -0.39 is 0 Å². The first-order valence-corrected chi connectivity index (χ1v) is 7.73. The zero-order valence-corrected chi connectivity index (χ0v) is 13.1. The van der Waals surface area contributed by atoms with E-state index in [0.717, 1.165) is 10.6 Å². The predicted molar refractivity (Wildman–Crippen MR) is 85.6 cm³/mol. The molecule has 0 bridgehead atoms. The lowest BCUT2D eigenvalue weighted by atomic mass is 10.1. The Morgan fingerprint density at radius 1 is 1.19 bits per heavy atom. The largest absolute Gasteiger partial charge is 0.374 e. The van der Waals surface area contributed by atoms with Crippen LogP contribution in [0.2, 0.25) is 0 Å². The van der Waals surface area contributed by atoms with Crippen LogP contribution in [0.4, 0.5) is 5.69 Å². The lowest BCUT2D eigenvalue weighted by Crippen LogP contribution is -2.08. The van der Waals surface area contributed by atoms with Crippen molar-refractivity contribution in [2.75, 3.05) is 5.32 Å². The Morgan fingerprint density at radius 3 is 2.81 bits per heavy atom. The van der Waals surface area contributed by atoms with E-state index in [1.165, 1.54) is 11.1 Å². The monoisotopic (exact) mass is 299 g/mol. The summed E-state index contributed by atoms with van der Waals surface area (Å²) < 4.78 is 5.38. The maximum atomic E-state index is 5.38. The van der Waals surface area contributed by atoms with Crippen molar-refractivity contribution in [3.05, 3.63) is 52.7 Å². The minimum absolute atomic E-state index is 0.0355. The number of nitrogens with zero attached hydrogens (tertiary/aromatic N) is 2. The summed E-state index contributed by atoms with van der Waals surface area (Å²) in [5.41, 5.74) is 3.60. The van der Waals surface area contributed by atoms with Gasteiger partial charge in [-0.1, -0.05) is 23.4 Å². The van der Waals surface area contributed by atoms with Crippen LogP contribution >= 0.6 is 11.3 Å². The van der Waals surface area contributed by atoms with E-state index in [1.54, 1.807) is 11.3 Å². The van der Waals surface area contributed by atoms with Crippen molar-refractivity contribution in [2.24, 2.45) is 0 Å². The molecule has 0 aliphatic rings. The number of aryl methyl sites for hydroxylation is 1. The van der Waals surface area contributed by atoms with Crippen molar-refractivity contribution < 1.29 is 4.52 Å². The number of aromatic nitrogens is 2. The third-order valence-corrected chi connectivity index (χ3v) is 4.40. The Labute approximate surface area is 127 Å². The maximum Gasteiger partial charge on any atom is 0.249 e. The van der Waals surface area contributed by atoms with Crippen LogP contribution in [-0.2, 0) is 0 Å². The fraction of sp³-hybridized carbons (Fsp3) is 0.250. The van der Waals surface area contributed by atoms with Crippen molar-refractivity contribution in [3.63, 3.8) is 0 Å². The van der Waals surface area contributed by atoms with Crippen molar-refractivity contribution >= 4 is 17.0 Å². The highest BCUT2D eigenvalue weighted by Crippen LogP contribution is 2.26. The zero-order valence-electron chi connectivity index (χ0n) is 12.3. The van der Waals surface area contributed by atoms with E-state index >= 15 is 0 Å². The lowest BCUT2D eigenvalue weighted by Gasteiger charge is -2.14. The van der Waals surface area contributed by atoms with Crippen LogP contribution in [0.3, 0.4) is 0 Å². The molecule has 2 heterocycles. The minimum atomic E-state index is -0.0355. The number of nitrogens with one attached hydrogen (secondary N) is 1. The van der Waals surface area contributed by atoms with E-state index in [-0.39, 0.29) is 6.04 Å². The van der Waals surface area contributed by atoms with Crippen molar-refractivity contribution in [3.8, 4) is 10.7 Å². The summed E-state index contributed by atoms with van der Waals surface area (Å²) in [6, 6.07) is 10.1. The molecule has 0 radical (unpaired) electrons.